The van der Waals surface area contributed by atoms with Crippen molar-refractivity contribution in [2.24, 2.45) is 0 Å². The number of nitrogens with one attached hydrogen (secondary N) is 1. The van der Waals surface area contributed by atoms with E-state index in [-0.39, 0.29) is 16.9 Å². The molecule has 96 valence electrons. The van der Waals surface area contributed by atoms with Crippen molar-refractivity contribution in [2.45, 2.75) is 26.3 Å². The van der Waals surface area contributed by atoms with Gasteiger partial charge in [0.25, 0.3) is 5.56 Å². The lowest BCUT2D eigenvalue weighted by Gasteiger charge is -2.00. The Kier molecular flexibility index (Phi) is 3.46. The van der Waals surface area contributed by atoms with E-state index in [4.69, 9.17) is 4.52 Å². The van der Waals surface area contributed by atoms with Crippen LogP contribution in [0.2, 0.25) is 0 Å². The number of nitrogens with zero attached hydrogens (tertiary/aromatic N) is 3. The topological polar surface area (TPSA) is 93.8 Å². The van der Waals surface area contributed by atoms with Gasteiger partial charge in [0.15, 0.2) is 5.82 Å². The van der Waals surface area contributed by atoms with Crippen molar-refractivity contribution in [3.05, 3.63) is 43.2 Å². The average Bonchev–Trinajstić information content (AvgIpc) is 2.74. The van der Waals surface area contributed by atoms with Gasteiger partial charge in [-0.3, -0.25) is 14.3 Å². The fourth-order valence-electron chi connectivity index (χ4n) is 1.31. The van der Waals surface area contributed by atoms with Crippen LogP contribution >= 0.6 is 15.9 Å². The SMILES string of the molecule is CC(C)c1noc(Cn2cc(Br)c(=O)[nH]c2=O)n1. The molecule has 0 aliphatic carbocycles. The van der Waals surface area contributed by atoms with Gasteiger partial charge in [0, 0.05) is 12.1 Å². The van der Waals surface area contributed by atoms with Crippen LogP contribution in [-0.2, 0) is 6.54 Å². The summed E-state index contributed by atoms with van der Waals surface area (Å²) in [6, 6.07) is 0. The minimum absolute atomic E-state index is 0.119. The summed E-state index contributed by atoms with van der Waals surface area (Å²) in [7, 11) is 0. The molecule has 7 nitrogen and oxygen atoms in total. The third-order valence-electron chi connectivity index (χ3n) is 2.27. The Morgan fingerprint density at radius 2 is 2.22 bits per heavy atom. The molecule has 18 heavy (non-hydrogen) atoms. The summed E-state index contributed by atoms with van der Waals surface area (Å²) in [5, 5.41) is 3.80. The summed E-state index contributed by atoms with van der Waals surface area (Å²) in [6.45, 7) is 4.00. The summed E-state index contributed by atoms with van der Waals surface area (Å²) in [6.07, 6.45) is 1.39. The fraction of sp³-hybridized carbons (Fsp3) is 0.400. The maximum absolute atomic E-state index is 11.5. The van der Waals surface area contributed by atoms with Crippen LogP contribution < -0.4 is 11.2 Å². The van der Waals surface area contributed by atoms with E-state index in [0.717, 1.165) is 0 Å². The van der Waals surface area contributed by atoms with Gasteiger partial charge >= 0.3 is 5.69 Å². The standard InChI is InChI=1S/C10H11BrN4O3/c1-5(2)8-12-7(18-14-8)4-15-3-6(11)9(16)13-10(15)17/h3,5H,4H2,1-2H3,(H,13,16,17). The summed E-state index contributed by atoms with van der Waals surface area (Å²) in [4.78, 5) is 29.0. The van der Waals surface area contributed by atoms with E-state index in [1.54, 1.807) is 0 Å². The number of aromatic nitrogens is 4. The quantitative estimate of drug-likeness (QED) is 0.906. The van der Waals surface area contributed by atoms with E-state index in [9.17, 15) is 9.59 Å². The van der Waals surface area contributed by atoms with Crippen LogP contribution in [0.1, 0.15) is 31.5 Å². The molecular weight excluding hydrogens is 304 g/mol. The molecule has 0 unspecified atom stereocenters. The Morgan fingerprint density at radius 3 is 2.83 bits per heavy atom. The molecule has 2 heterocycles. The molecule has 2 aromatic heterocycles. The first-order valence-corrected chi connectivity index (χ1v) is 6.08. The van der Waals surface area contributed by atoms with Crippen molar-refractivity contribution < 1.29 is 4.52 Å². The molecule has 0 atom stereocenters. The molecule has 0 aliphatic heterocycles. The van der Waals surface area contributed by atoms with Gasteiger partial charge in [-0.05, 0) is 15.9 Å². The number of rotatable bonds is 3. The lowest BCUT2D eigenvalue weighted by atomic mass is 10.2. The van der Waals surface area contributed by atoms with Crippen LogP contribution in [0.25, 0.3) is 0 Å². The third-order valence-corrected chi connectivity index (χ3v) is 2.84. The maximum Gasteiger partial charge on any atom is 0.328 e. The molecule has 0 bridgehead atoms. The molecule has 0 saturated carbocycles. The van der Waals surface area contributed by atoms with E-state index in [1.165, 1.54) is 10.8 Å². The van der Waals surface area contributed by atoms with Crippen molar-refractivity contribution >= 4 is 15.9 Å². The van der Waals surface area contributed by atoms with Crippen molar-refractivity contribution in [3.63, 3.8) is 0 Å². The lowest BCUT2D eigenvalue weighted by molar-refractivity contribution is 0.362. The summed E-state index contributed by atoms with van der Waals surface area (Å²) < 4.78 is 6.58. The van der Waals surface area contributed by atoms with Crippen LogP contribution in [0.3, 0.4) is 0 Å². The third kappa shape index (κ3) is 2.58. The Balaban J connectivity index is 2.31. The minimum Gasteiger partial charge on any atom is -0.337 e. The van der Waals surface area contributed by atoms with Crippen LogP contribution in [0.4, 0.5) is 0 Å². The molecule has 0 fully saturated rings. The highest BCUT2D eigenvalue weighted by atomic mass is 79.9. The molecule has 0 radical (unpaired) electrons. The summed E-state index contributed by atoms with van der Waals surface area (Å²) >= 11 is 3.05. The van der Waals surface area contributed by atoms with Crippen molar-refractivity contribution in [3.8, 4) is 0 Å². The van der Waals surface area contributed by atoms with Crippen molar-refractivity contribution in [2.75, 3.05) is 0 Å². The second kappa shape index (κ2) is 4.89. The zero-order valence-electron chi connectivity index (χ0n) is 9.81. The number of hydrogen-bond donors (Lipinski definition) is 1. The molecular formula is C10H11BrN4O3. The second-order valence-electron chi connectivity index (χ2n) is 4.07. The van der Waals surface area contributed by atoms with Crippen molar-refractivity contribution in [1.29, 1.82) is 0 Å². The maximum atomic E-state index is 11.5. The highest BCUT2D eigenvalue weighted by Crippen LogP contribution is 2.10. The predicted molar refractivity (Wildman–Crippen MR) is 66.5 cm³/mol. The first-order valence-electron chi connectivity index (χ1n) is 5.29. The summed E-state index contributed by atoms with van der Waals surface area (Å²) in [5.41, 5.74) is -0.989. The Labute approximate surface area is 110 Å². The van der Waals surface area contributed by atoms with Gasteiger partial charge in [-0.2, -0.15) is 4.98 Å². The molecule has 0 aromatic carbocycles. The largest absolute Gasteiger partial charge is 0.337 e. The predicted octanol–water partition coefficient (Wildman–Crippen LogP) is 0.854. The smallest absolute Gasteiger partial charge is 0.328 e. The molecule has 8 heteroatoms. The van der Waals surface area contributed by atoms with Gasteiger partial charge in [-0.1, -0.05) is 19.0 Å². The Hall–Kier alpha value is -1.70. The van der Waals surface area contributed by atoms with Crippen LogP contribution in [0, 0.1) is 0 Å². The van der Waals surface area contributed by atoms with Gasteiger partial charge in [-0.15, -0.1) is 0 Å². The first kappa shape index (κ1) is 12.7. The molecule has 0 saturated heterocycles. The van der Waals surface area contributed by atoms with Crippen LogP contribution in [-0.4, -0.2) is 19.7 Å². The highest BCUT2D eigenvalue weighted by molar-refractivity contribution is 9.10. The number of aromatic amines is 1. The zero-order chi connectivity index (χ0) is 13.3. The van der Waals surface area contributed by atoms with Crippen molar-refractivity contribution in [1.82, 2.24) is 19.7 Å². The molecule has 0 aliphatic rings. The normalized spacial score (nSPS) is 11.1. The van der Waals surface area contributed by atoms with E-state index in [1.807, 2.05) is 13.8 Å². The second-order valence-corrected chi connectivity index (χ2v) is 4.92. The van der Waals surface area contributed by atoms with Gasteiger partial charge < -0.3 is 4.52 Å². The van der Waals surface area contributed by atoms with Crippen LogP contribution in [0.15, 0.2) is 24.8 Å². The highest BCUT2D eigenvalue weighted by Gasteiger charge is 2.11. The average molecular weight is 315 g/mol. The number of H-pyrrole nitrogens is 1. The van der Waals surface area contributed by atoms with Crippen LogP contribution in [0.5, 0.6) is 0 Å². The van der Waals surface area contributed by atoms with E-state index in [2.05, 4.69) is 31.1 Å². The van der Waals surface area contributed by atoms with E-state index >= 15 is 0 Å². The monoisotopic (exact) mass is 314 g/mol. The molecule has 2 aromatic rings. The van der Waals surface area contributed by atoms with Gasteiger partial charge in [0.2, 0.25) is 5.89 Å². The van der Waals surface area contributed by atoms with Gasteiger partial charge in [-0.25, -0.2) is 4.79 Å². The molecule has 1 N–H and O–H groups in total. The molecule has 0 amide bonds. The zero-order valence-corrected chi connectivity index (χ0v) is 11.4. The van der Waals surface area contributed by atoms with Gasteiger partial charge in [0.1, 0.15) is 6.54 Å². The van der Waals surface area contributed by atoms with Gasteiger partial charge in [0.05, 0.1) is 4.47 Å². The summed E-state index contributed by atoms with van der Waals surface area (Å²) in [5.74, 6) is 1.06. The lowest BCUT2D eigenvalue weighted by Crippen LogP contribution is -2.30. The fourth-order valence-corrected chi connectivity index (χ4v) is 1.66. The Bertz CT molecular complexity index is 670. The first-order chi connectivity index (χ1) is 8.47. The molecule has 2 rings (SSSR count). The van der Waals surface area contributed by atoms with E-state index in [0.29, 0.717) is 11.7 Å². The van der Waals surface area contributed by atoms with E-state index < -0.39 is 11.2 Å². The molecule has 0 spiro atoms. The number of hydrogen-bond acceptors (Lipinski definition) is 5. The Morgan fingerprint density at radius 1 is 1.50 bits per heavy atom. The minimum atomic E-state index is -0.521. The number of halogens is 1.